The van der Waals surface area contributed by atoms with Crippen molar-refractivity contribution in [1.29, 1.82) is 0 Å². The number of anilines is 1. The van der Waals surface area contributed by atoms with Crippen LogP contribution in [0.25, 0.3) is 0 Å². The molecule has 1 N–H and O–H groups in total. The van der Waals surface area contributed by atoms with Crippen molar-refractivity contribution in [2.75, 3.05) is 38.8 Å². The first-order chi connectivity index (χ1) is 9.92. The van der Waals surface area contributed by atoms with E-state index in [-0.39, 0.29) is 35.8 Å². The quantitative estimate of drug-likeness (QED) is 0.699. The molecule has 1 heterocycles. The highest BCUT2D eigenvalue weighted by Crippen LogP contribution is 2.14. The van der Waals surface area contributed by atoms with Gasteiger partial charge in [-0.2, -0.15) is 15.0 Å². The maximum atomic E-state index is 11.7. The third-order valence-electron chi connectivity index (χ3n) is 2.27. The Balaban J connectivity index is 2.66. The van der Waals surface area contributed by atoms with Crippen LogP contribution in [0, 0.1) is 0 Å². The van der Waals surface area contributed by atoms with Gasteiger partial charge < -0.3 is 19.7 Å². The van der Waals surface area contributed by atoms with E-state index >= 15 is 0 Å². The molecule has 0 bridgehead atoms. The van der Waals surface area contributed by atoms with Gasteiger partial charge in [-0.05, 0) is 25.4 Å². The summed E-state index contributed by atoms with van der Waals surface area (Å²) in [6.45, 7) is 4.70. The summed E-state index contributed by atoms with van der Waals surface area (Å²) < 4.78 is 10.2. The molecule has 1 aromatic heterocycles. The number of rotatable bonds is 8. The summed E-state index contributed by atoms with van der Waals surface area (Å²) in [5, 5.41) is 2.72. The van der Waals surface area contributed by atoms with E-state index < -0.39 is 0 Å². The van der Waals surface area contributed by atoms with Gasteiger partial charge in [0.05, 0.1) is 19.3 Å². The molecule has 8 nitrogen and oxygen atoms in total. The summed E-state index contributed by atoms with van der Waals surface area (Å²) in [4.78, 5) is 25.2. The molecule has 0 radical (unpaired) electrons. The number of nitrogens with zero attached hydrogens (tertiary/aromatic N) is 4. The molecule has 0 atom stereocenters. The van der Waals surface area contributed by atoms with Gasteiger partial charge in [0.15, 0.2) is 0 Å². The number of halogens is 1. The summed E-state index contributed by atoms with van der Waals surface area (Å²) in [6, 6.07) is 0.131. The fourth-order valence-corrected chi connectivity index (χ4v) is 1.54. The number of methoxy groups -OCH3 is 1. The molecule has 0 aromatic carbocycles. The van der Waals surface area contributed by atoms with E-state index in [0.29, 0.717) is 13.2 Å². The zero-order valence-corrected chi connectivity index (χ0v) is 13.3. The smallest absolute Gasteiger partial charge is 0.322 e. The highest BCUT2D eigenvalue weighted by Gasteiger charge is 2.14. The van der Waals surface area contributed by atoms with Crippen LogP contribution in [-0.2, 0) is 9.53 Å². The average molecular weight is 318 g/mol. The van der Waals surface area contributed by atoms with Gasteiger partial charge in [0.25, 0.3) is 0 Å². The Hall–Kier alpha value is -1.67. The number of amides is 1. The highest BCUT2D eigenvalue weighted by atomic mass is 35.5. The first-order valence-electron chi connectivity index (χ1n) is 6.47. The summed E-state index contributed by atoms with van der Waals surface area (Å²) in [5.41, 5.74) is 0. The van der Waals surface area contributed by atoms with Gasteiger partial charge in [-0.15, -0.1) is 0 Å². The van der Waals surface area contributed by atoms with Crippen molar-refractivity contribution < 1.29 is 14.3 Å². The van der Waals surface area contributed by atoms with E-state index in [4.69, 9.17) is 21.1 Å². The van der Waals surface area contributed by atoms with Crippen LogP contribution in [0.1, 0.15) is 13.8 Å². The molecule has 0 saturated heterocycles. The molecule has 0 fully saturated rings. The molecule has 0 aliphatic heterocycles. The normalized spacial score (nSPS) is 10.6. The van der Waals surface area contributed by atoms with Crippen molar-refractivity contribution in [2.24, 2.45) is 0 Å². The number of ether oxygens (including phenoxy) is 2. The number of likely N-dealkylation sites (N-methyl/N-ethyl adjacent to an activating group) is 1. The molecule has 0 unspecified atom stereocenters. The average Bonchev–Trinajstić information content (AvgIpc) is 2.37. The number of carbonyl (C=O) groups excluding carboxylic acids is 1. The number of hydrogen-bond donors (Lipinski definition) is 1. The van der Waals surface area contributed by atoms with Crippen molar-refractivity contribution in [3.8, 4) is 6.01 Å². The van der Waals surface area contributed by atoms with Crippen molar-refractivity contribution in [1.82, 2.24) is 20.3 Å². The number of hydrogen-bond acceptors (Lipinski definition) is 7. The Morgan fingerprint density at radius 1 is 1.38 bits per heavy atom. The minimum absolute atomic E-state index is 0.0160. The lowest BCUT2D eigenvalue weighted by Crippen LogP contribution is -2.37. The summed E-state index contributed by atoms with van der Waals surface area (Å²) in [5.74, 6) is 0.102. The topological polar surface area (TPSA) is 89.5 Å². The van der Waals surface area contributed by atoms with Crippen molar-refractivity contribution in [3.05, 3.63) is 5.28 Å². The van der Waals surface area contributed by atoms with Gasteiger partial charge in [-0.1, -0.05) is 0 Å². The molecular weight excluding hydrogens is 298 g/mol. The molecule has 0 spiro atoms. The fourth-order valence-electron chi connectivity index (χ4n) is 1.39. The molecule has 1 amide bonds. The predicted octanol–water partition coefficient (Wildman–Crippen LogP) is 0.511. The first-order valence-corrected chi connectivity index (χ1v) is 6.85. The Kier molecular flexibility index (Phi) is 7.10. The first kappa shape index (κ1) is 17.4. The third kappa shape index (κ3) is 6.54. The van der Waals surface area contributed by atoms with Crippen LogP contribution >= 0.6 is 11.6 Å². The monoisotopic (exact) mass is 317 g/mol. The molecule has 0 aliphatic rings. The van der Waals surface area contributed by atoms with Gasteiger partial charge >= 0.3 is 6.01 Å². The van der Waals surface area contributed by atoms with Crippen molar-refractivity contribution in [3.63, 3.8) is 0 Å². The standard InChI is InChI=1S/C12H20ClN5O3/c1-8(2)21-12-16-10(13)15-11(17-12)18(3)7-9(19)14-5-6-20-4/h8H,5-7H2,1-4H3,(H,14,19). The highest BCUT2D eigenvalue weighted by molar-refractivity contribution is 6.28. The van der Waals surface area contributed by atoms with Crippen LogP contribution in [-0.4, -0.2) is 60.8 Å². The zero-order chi connectivity index (χ0) is 15.8. The van der Waals surface area contributed by atoms with Gasteiger partial charge in [0, 0.05) is 20.7 Å². The van der Waals surface area contributed by atoms with Crippen molar-refractivity contribution >= 4 is 23.5 Å². The second-order valence-corrected chi connectivity index (χ2v) is 4.89. The Labute approximate surface area is 128 Å². The largest absolute Gasteiger partial charge is 0.461 e. The fraction of sp³-hybridized carbons (Fsp3) is 0.667. The van der Waals surface area contributed by atoms with E-state index in [1.165, 1.54) is 0 Å². The van der Waals surface area contributed by atoms with Gasteiger partial charge in [0.1, 0.15) is 0 Å². The van der Waals surface area contributed by atoms with Crippen LogP contribution < -0.4 is 15.0 Å². The van der Waals surface area contributed by atoms with Crippen LogP contribution in [0.3, 0.4) is 0 Å². The van der Waals surface area contributed by atoms with E-state index in [2.05, 4.69) is 20.3 Å². The maximum absolute atomic E-state index is 11.7. The lowest BCUT2D eigenvalue weighted by Gasteiger charge is -2.17. The molecule has 118 valence electrons. The van der Waals surface area contributed by atoms with Crippen LogP contribution in [0.15, 0.2) is 0 Å². The van der Waals surface area contributed by atoms with E-state index in [9.17, 15) is 4.79 Å². The minimum atomic E-state index is -0.169. The van der Waals surface area contributed by atoms with E-state index in [0.717, 1.165) is 0 Å². The van der Waals surface area contributed by atoms with Crippen molar-refractivity contribution in [2.45, 2.75) is 20.0 Å². The lowest BCUT2D eigenvalue weighted by atomic mass is 10.5. The van der Waals surface area contributed by atoms with Crippen LogP contribution in [0.2, 0.25) is 5.28 Å². The van der Waals surface area contributed by atoms with Crippen LogP contribution in [0.4, 0.5) is 5.95 Å². The summed E-state index contributed by atoms with van der Waals surface area (Å²) in [6.07, 6.45) is -0.0843. The minimum Gasteiger partial charge on any atom is -0.461 e. The van der Waals surface area contributed by atoms with Gasteiger partial charge in [-0.3, -0.25) is 4.79 Å². The van der Waals surface area contributed by atoms with E-state index in [1.807, 2.05) is 13.8 Å². The Morgan fingerprint density at radius 2 is 2.10 bits per heavy atom. The Morgan fingerprint density at radius 3 is 2.71 bits per heavy atom. The number of nitrogens with one attached hydrogen (secondary N) is 1. The summed E-state index contributed by atoms with van der Waals surface area (Å²) in [7, 11) is 3.25. The maximum Gasteiger partial charge on any atom is 0.322 e. The second-order valence-electron chi connectivity index (χ2n) is 4.55. The predicted molar refractivity (Wildman–Crippen MR) is 78.8 cm³/mol. The van der Waals surface area contributed by atoms with E-state index in [1.54, 1.807) is 19.1 Å². The lowest BCUT2D eigenvalue weighted by molar-refractivity contribution is -0.119. The van der Waals surface area contributed by atoms with Gasteiger partial charge in [0.2, 0.25) is 17.1 Å². The molecule has 1 aromatic rings. The second kappa shape index (κ2) is 8.58. The summed E-state index contributed by atoms with van der Waals surface area (Å²) >= 11 is 5.83. The van der Waals surface area contributed by atoms with Gasteiger partial charge in [-0.25, -0.2) is 0 Å². The zero-order valence-electron chi connectivity index (χ0n) is 12.6. The Bertz CT molecular complexity index is 472. The third-order valence-corrected chi connectivity index (χ3v) is 2.44. The molecule has 0 saturated carbocycles. The number of aromatic nitrogens is 3. The van der Waals surface area contributed by atoms with Crippen LogP contribution in [0.5, 0.6) is 6.01 Å². The molecule has 21 heavy (non-hydrogen) atoms. The number of carbonyl (C=O) groups is 1. The molecule has 0 aliphatic carbocycles. The SMILES string of the molecule is COCCNC(=O)CN(C)c1nc(Cl)nc(OC(C)C)n1. The molecular formula is C12H20ClN5O3. The molecule has 1 rings (SSSR count). The molecule has 9 heteroatoms.